The molecule has 5 aromatic carbocycles. The largest absolute Gasteiger partial charge is 0.269 e. The zero-order valence-corrected chi connectivity index (χ0v) is 31.0. The first kappa shape index (κ1) is 58.2. The van der Waals surface area contributed by atoms with Crippen LogP contribution in [-0.2, 0) is 0 Å². The monoisotopic (exact) mass is 870 g/mol. The molecule has 0 unspecified atom stereocenters. The molecular weight excluding hydrogens is 846 g/mol. The second-order valence-electron chi connectivity index (χ2n) is 8.76. The third-order valence-corrected chi connectivity index (χ3v) is 6.60. The molecule has 5 radical (unpaired) electrons. The lowest BCUT2D eigenvalue weighted by Gasteiger charge is -1.88. The lowest BCUT2D eigenvalue weighted by Crippen LogP contribution is -1.85. The fourth-order valence-corrected chi connectivity index (χ4v) is 3.52. The molecule has 0 heterocycles. The average Bonchev–Trinajstić information content (AvgIpc) is 3.07. The van der Waals surface area contributed by atoms with Gasteiger partial charge in [-0.05, 0) is 60.7 Å². The van der Waals surface area contributed by atoms with Crippen LogP contribution in [0.2, 0.25) is 0 Å². The molecule has 0 spiro atoms. The van der Waals surface area contributed by atoms with E-state index in [-0.39, 0.29) is 52.0 Å². The number of benzene rings is 5. The fourth-order valence-electron chi connectivity index (χ4n) is 2.84. The van der Waals surface area contributed by atoms with E-state index in [1.807, 2.05) is 0 Å². The van der Waals surface area contributed by atoms with Crippen molar-refractivity contribution in [2.45, 2.75) is 24.5 Å². The summed E-state index contributed by atoms with van der Waals surface area (Å²) in [5.41, 5.74) is 0.387. The first-order valence-electron chi connectivity index (χ1n) is 13.1. The van der Waals surface area contributed by atoms with Crippen LogP contribution in [0.5, 0.6) is 0 Å². The van der Waals surface area contributed by atoms with E-state index in [2.05, 4.69) is 0 Å². The predicted molar refractivity (Wildman–Crippen MR) is 207 cm³/mol. The van der Waals surface area contributed by atoms with Gasteiger partial charge in [0.2, 0.25) is 0 Å². The van der Waals surface area contributed by atoms with Crippen molar-refractivity contribution in [3.63, 3.8) is 0 Å². The van der Waals surface area contributed by atoms with Gasteiger partial charge in [-0.2, -0.15) is 0 Å². The molecule has 25 heteroatoms. The van der Waals surface area contributed by atoms with Gasteiger partial charge in [0.05, 0.1) is 24.6 Å². The molecule has 5 rings (SSSR count). The standard InChI is InChI=1S/5C6H4NO2S.5FH/c5*8-7(9)5-1-3-6(10)4-2-5;;;;;/h5*1-4H;5*1H. The predicted octanol–water partition coefficient (Wildman–Crippen LogP) is 11.5. The molecule has 0 atom stereocenters. The Morgan fingerprint density at radius 3 is 0.418 bits per heavy atom. The first-order chi connectivity index (χ1) is 23.5. The summed E-state index contributed by atoms with van der Waals surface area (Å²) in [6, 6.07) is 29.3. The SMILES string of the molecule is F.F.F.F.F.O=[N+]([O-])c1ccc([S])cc1.O=[N+]([O-])c1ccc([S])cc1.O=[N+]([O-])c1ccc([S])cc1.O=[N+]([O-])c1ccc([S])cc1.O=[N+]([O-])c1ccc([S])cc1. The van der Waals surface area contributed by atoms with E-state index >= 15 is 0 Å². The van der Waals surface area contributed by atoms with E-state index in [4.69, 9.17) is 63.1 Å². The van der Waals surface area contributed by atoms with Crippen molar-refractivity contribution in [1.82, 2.24) is 0 Å². The highest BCUT2D eigenvalue weighted by molar-refractivity contribution is 7.81. The molecule has 0 amide bonds. The van der Waals surface area contributed by atoms with Gasteiger partial charge in [-0.25, -0.2) is 0 Å². The summed E-state index contributed by atoms with van der Waals surface area (Å²) in [6.45, 7) is 0. The van der Waals surface area contributed by atoms with Gasteiger partial charge in [-0.3, -0.25) is 74.1 Å². The van der Waals surface area contributed by atoms with E-state index in [1.165, 1.54) is 121 Å². The van der Waals surface area contributed by atoms with Crippen molar-refractivity contribution in [2.75, 3.05) is 0 Å². The van der Waals surface area contributed by atoms with Gasteiger partial charge in [-0.15, -0.1) is 0 Å². The van der Waals surface area contributed by atoms with Crippen molar-refractivity contribution >= 4 is 91.6 Å². The van der Waals surface area contributed by atoms with Crippen LogP contribution in [0.1, 0.15) is 0 Å². The Labute approximate surface area is 334 Å². The number of nitro benzene ring substituents is 5. The Hall–Kier alpha value is -6.15. The topological polar surface area (TPSA) is 216 Å². The molecule has 0 aromatic heterocycles. The Balaban J connectivity index is -0.000000185. The lowest BCUT2D eigenvalue weighted by molar-refractivity contribution is -0.385. The molecule has 0 aliphatic heterocycles. The van der Waals surface area contributed by atoms with Crippen LogP contribution in [-0.4, -0.2) is 24.6 Å². The summed E-state index contributed by atoms with van der Waals surface area (Å²) in [7, 11) is 0. The third kappa shape index (κ3) is 24.7. The molecule has 15 nitrogen and oxygen atoms in total. The van der Waals surface area contributed by atoms with Gasteiger partial charge in [0.15, 0.2) is 0 Å². The Bertz CT molecular complexity index is 1570. The van der Waals surface area contributed by atoms with Crippen LogP contribution < -0.4 is 0 Å². The van der Waals surface area contributed by atoms with Crippen LogP contribution in [0.3, 0.4) is 0 Å². The molecule has 0 bridgehead atoms. The van der Waals surface area contributed by atoms with Gasteiger partial charge in [-0.1, -0.05) is 63.1 Å². The van der Waals surface area contributed by atoms with Gasteiger partial charge in [0.1, 0.15) is 0 Å². The van der Waals surface area contributed by atoms with E-state index in [0.29, 0.717) is 24.5 Å². The Morgan fingerprint density at radius 2 is 0.345 bits per heavy atom. The highest BCUT2D eigenvalue weighted by Gasteiger charge is 2.04. The second kappa shape index (κ2) is 30.3. The van der Waals surface area contributed by atoms with Gasteiger partial charge in [0.25, 0.3) is 28.4 Å². The number of hydrogen-bond donors (Lipinski definition) is 0. The lowest BCUT2D eigenvalue weighted by atomic mass is 10.3. The van der Waals surface area contributed by atoms with Crippen molar-refractivity contribution in [2.24, 2.45) is 0 Å². The minimum absolute atomic E-state index is 0. The molecular formula is C30H25F5N5O10S5. The van der Waals surface area contributed by atoms with Crippen LogP contribution in [0.25, 0.3) is 0 Å². The van der Waals surface area contributed by atoms with Crippen molar-refractivity contribution in [1.29, 1.82) is 0 Å². The number of hydrogen-bond acceptors (Lipinski definition) is 10. The van der Waals surface area contributed by atoms with Crippen molar-refractivity contribution < 1.29 is 48.1 Å². The summed E-state index contributed by atoms with van der Waals surface area (Å²) in [5.74, 6) is 0. The van der Waals surface area contributed by atoms with E-state index in [0.717, 1.165) is 0 Å². The summed E-state index contributed by atoms with van der Waals surface area (Å²) in [5, 5.41) is 50.4. The van der Waals surface area contributed by atoms with Crippen molar-refractivity contribution in [3.05, 3.63) is 172 Å². The summed E-state index contributed by atoms with van der Waals surface area (Å²) >= 11 is 23.7. The highest BCUT2D eigenvalue weighted by Crippen LogP contribution is 2.16. The van der Waals surface area contributed by atoms with Gasteiger partial charge < -0.3 is 0 Å². The minimum atomic E-state index is -0.450. The van der Waals surface area contributed by atoms with Crippen LogP contribution in [0.15, 0.2) is 146 Å². The Morgan fingerprint density at radius 1 is 0.255 bits per heavy atom. The molecule has 5 aromatic rings. The number of nitrogens with zero attached hydrogens (tertiary/aromatic N) is 5. The molecule has 0 fully saturated rings. The molecule has 0 saturated heterocycles. The fraction of sp³-hybridized carbons (Fsp3) is 0. The Kier molecular flexibility index (Phi) is 32.1. The molecule has 0 N–H and O–H groups in total. The number of rotatable bonds is 5. The zero-order chi connectivity index (χ0) is 37.8. The van der Waals surface area contributed by atoms with Crippen LogP contribution in [0, 0.1) is 50.6 Å². The maximum Gasteiger partial charge on any atom is 0.269 e. The second-order valence-corrected chi connectivity index (χ2v) is 11.1. The summed E-state index contributed by atoms with van der Waals surface area (Å²) in [4.78, 5) is 51.3. The third-order valence-electron chi connectivity index (χ3n) is 5.24. The smallest absolute Gasteiger partial charge is 0.269 e. The molecule has 0 saturated carbocycles. The summed E-state index contributed by atoms with van der Waals surface area (Å²) in [6.07, 6.45) is 0. The van der Waals surface area contributed by atoms with Crippen LogP contribution in [0.4, 0.5) is 52.0 Å². The average molecular weight is 871 g/mol. The molecule has 55 heavy (non-hydrogen) atoms. The van der Waals surface area contributed by atoms with Crippen molar-refractivity contribution in [3.8, 4) is 0 Å². The van der Waals surface area contributed by atoms with E-state index in [9.17, 15) is 50.6 Å². The first-order valence-corrected chi connectivity index (χ1v) is 15.1. The van der Waals surface area contributed by atoms with Gasteiger partial charge in [0, 0.05) is 85.1 Å². The maximum absolute atomic E-state index is 10.1. The minimum Gasteiger partial charge on any atom is -0.269 e. The quantitative estimate of drug-likeness (QED) is 0.0924. The number of non-ortho nitro benzene ring substituents is 5. The van der Waals surface area contributed by atoms with E-state index < -0.39 is 24.6 Å². The molecule has 0 aliphatic carbocycles. The number of nitro groups is 5. The molecule has 295 valence electrons. The van der Waals surface area contributed by atoms with Crippen LogP contribution >= 0.6 is 63.1 Å². The van der Waals surface area contributed by atoms with Gasteiger partial charge >= 0.3 is 0 Å². The zero-order valence-electron chi connectivity index (χ0n) is 26.9. The highest BCUT2D eigenvalue weighted by atomic mass is 32.1. The maximum atomic E-state index is 10.1. The normalized spacial score (nSPS) is 8.36. The summed E-state index contributed by atoms with van der Waals surface area (Å²) < 4.78 is 0. The molecule has 0 aliphatic rings. The number of halogens is 5. The van der Waals surface area contributed by atoms with E-state index in [1.54, 1.807) is 0 Å².